The van der Waals surface area contributed by atoms with Gasteiger partial charge < -0.3 is 19.6 Å². The van der Waals surface area contributed by atoms with E-state index in [4.69, 9.17) is 26.2 Å². The number of carbonyl (C=O) groups is 1. The number of nitrogens with one attached hydrogen (secondary N) is 1. The SMILES string of the molecule is CCCC.CCO.COc1ccc(-c2cc3c(C(=O)OC(C)(C)C)c[nH]c3cc2Cl)cc1. The number of fused-ring (bicyclic) bond motifs is 1. The smallest absolute Gasteiger partial charge is 0.340 e. The molecule has 6 heteroatoms. The minimum absolute atomic E-state index is 0.250. The summed E-state index contributed by atoms with van der Waals surface area (Å²) in [6.45, 7) is 11.8. The molecule has 2 N–H and O–H groups in total. The highest BCUT2D eigenvalue weighted by Crippen LogP contribution is 2.34. The van der Waals surface area contributed by atoms with E-state index >= 15 is 0 Å². The molecule has 2 aromatic carbocycles. The molecule has 0 aliphatic rings. The largest absolute Gasteiger partial charge is 0.497 e. The van der Waals surface area contributed by atoms with Gasteiger partial charge in [0.25, 0.3) is 0 Å². The van der Waals surface area contributed by atoms with Crippen molar-refractivity contribution in [2.24, 2.45) is 0 Å². The summed E-state index contributed by atoms with van der Waals surface area (Å²) in [5.41, 5.74) is 2.54. The van der Waals surface area contributed by atoms with Crippen LogP contribution in [0.25, 0.3) is 22.0 Å². The summed E-state index contributed by atoms with van der Waals surface area (Å²) in [6.07, 6.45) is 4.30. The maximum absolute atomic E-state index is 12.5. The third kappa shape index (κ3) is 8.21. The standard InChI is InChI=1S/C20H20ClNO3.C4H10.C2H6O/c1-20(2,3)25-19(23)16-11-22-18-10-17(21)14(9-15(16)18)12-5-7-13(24-4)8-6-12;1-3-4-2;1-2-3/h5-11,22H,1-4H3;3-4H2,1-2H3;3H,2H2,1H3. The Balaban J connectivity index is 0.000000645. The molecule has 0 bridgehead atoms. The lowest BCUT2D eigenvalue weighted by molar-refractivity contribution is 0.00719. The molecule has 0 aliphatic heterocycles. The van der Waals surface area contributed by atoms with Crippen molar-refractivity contribution in [3.8, 4) is 16.9 Å². The Morgan fingerprint density at radius 2 is 1.62 bits per heavy atom. The quantitative estimate of drug-likeness (QED) is 0.401. The first-order valence-corrected chi connectivity index (χ1v) is 11.3. The molecular formula is C26H36ClNO4. The second-order valence-corrected chi connectivity index (χ2v) is 8.53. The third-order valence-electron chi connectivity index (χ3n) is 4.29. The van der Waals surface area contributed by atoms with E-state index in [1.165, 1.54) is 12.8 Å². The number of aliphatic hydroxyl groups excluding tert-OH is 1. The Kier molecular flexibility index (Phi) is 11.3. The number of hydrogen-bond acceptors (Lipinski definition) is 4. The Labute approximate surface area is 196 Å². The minimum atomic E-state index is -0.550. The van der Waals surface area contributed by atoms with Crippen LogP contribution >= 0.6 is 11.6 Å². The highest BCUT2D eigenvalue weighted by atomic mass is 35.5. The summed E-state index contributed by atoms with van der Waals surface area (Å²) in [5.74, 6) is 0.416. The van der Waals surface area contributed by atoms with Crippen molar-refractivity contribution in [2.45, 2.75) is 60.0 Å². The van der Waals surface area contributed by atoms with E-state index in [1.54, 1.807) is 20.2 Å². The number of hydrogen-bond donors (Lipinski definition) is 2. The molecule has 0 unspecified atom stereocenters. The van der Waals surface area contributed by atoms with Crippen LogP contribution in [0.3, 0.4) is 0 Å². The van der Waals surface area contributed by atoms with Crippen molar-refractivity contribution in [3.05, 3.63) is 53.2 Å². The van der Waals surface area contributed by atoms with Crippen LogP contribution in [0.5, 0.6) is 5.75 Å². The van der Waals surface area contributed by atoms with Gasteiger partial charge in [0.2, 0.25) is 0 Å². The monoisotopic (exact) mass is 461 g/mol. The molecule has 3 aromatic rings. The lowest BCUT2D eigenvalue weighted by atomic mass is 10.0. The number of aromatic amines is 1. The summed E-state index contributed by atoms with van der Waals surface area (Å²) < 4.78 is 10.7. The van der Waals surface area contributed by atoms with E-state index in [9.17, 15) is 4.79 Å². The zero-order valence-electron chi connectivity index (χ0n) is 20.2. The molecule has 32 heavy (non-hydrogen) atoms. The number of carbonyl (C=O) groups excluding carboxylic acids is 1. The van der Waals surface area contributed by atoms with Crippen LogP contribution in [-0.2, 0) is 4.74 Å². The molecule has 0 aliphatic carbocycles. The van der Waals surface area contributed by atoms with Crippen LogP contribution in [0.4, 0.5) is 0 Å². The maximum Gasteiger partial charge on any atom is 0.340 e. The molecule has 0 fully saturated rings. The number of esters is 1. The molecule has 0 amide bonds. The molecule has 0 spiro atoms. The first kappa shape index (κ1) is 27.5. The molecule has 0 radical (unpaired) electrons. The van der Waals surface area contributed by atoms with E-state index in [0.717, 1.165) is 27.8 Å². The lowest BCUT2D eigenvalue weighted by Gasteiger charge is -2.19. The Morgan fingerprint density at radius 3 is 2.09 bits per heavy atom. The third-order valence-corrected chi connectivity index (χ3v) is 4.60. The summed E-state index contributed by atoms with van der Waals surface area (Å²) >= 11 is 6.44. The molecule has 176 valence electrons. The van der Waals surface area contributed by atoms with Gasteiger partial charge in [-0.05, 0) is 57.5 Å². The molecule has 0 saturated heterocycles. The lowest BCUT2D eigenvalue weighted by Crippen LogP contribution is -2.23. The Hall–Kier alpha value is -2.50. The molecule has 0 saturated carbocycles. The number of aromatic nitrogens is 1. The molecule has 1 heterocycles. The van der Waals surface area contributed by atoms with Crippen LogP contribution < -0.4 is 4.74 Å². The zero-order chi connectivity index (χ0) is 24.3. The van der Waals surface area contributed by atoms with Crippen LogP contribution in [0.1, 0.15) is 64.7 Å². The van der Waals surface area contributed by atoms with Crippen molar-refractivity contribution >= 4 is 28.5 Å². The first-order chi connectivity index (χ1) is 15.1. The number of H-pyrrole nitrogens is 1. The van der Waals surface area contributed by atoms with Gasteiger partial charge >= 0.3 is 5.97 Å². The number of benzene rings is 2. The van der Waals surface area contributed by atoms with Gasteiger partial charge in [-0.15, -0.1) is 0 Å². The van der Waals surface area contributed by atoms with E-state index in [1.807, 2.05) is 57.2 Å². The minimum Gasteiger partial charge on any atom is -0.497 e. The molecular weight excluding hydrogens is 426 g/mol. The van der Waals surface area contributed by atoms with Gasteiger partial charge in [0, 0.05) is 29.3 Å². The van der Waals surface area contributed by atoms with Gasteiger partial charge in [-0.3, -0.25) is 0 Å². The normalized spacial score (nSPS) is 10.5. The molecule has 5 nitrogen and oxygen atoms in total. The summed E-state index contributed by atoms with van der Waals surface area (Å²) in [7, 11) is 1.63. The predicted molar refractivity (Wildman–Crippen MR) is 134 cm³/mol. The Morgan fingerprint density at radius 1 is 1.06 bits per heavy atom. The molecule has 3 rings (SSSR count). The van der Waals surface area contributed by atoms with E-state index in [0.29, 0.717) is 10.6 Å². The summed E-state index contributed by atoms with van der Waals surface area (Å²) in [6, 6.07) is 11.4. The molecule has 1 aromatic heterocycles. The van der Waals surface area contributed by atoms with Gasteiger partial charge in [-0.2, -0.15) is 0 Å². The summed E-state index contributed by atoms with van der Waals surface area (Å²) in [5, 5.41) is 8.96. The van der Waals surface area contributed by atoms with Gasteiger partial charge in [0.05, 0.1) is 17.7 Å². The van der Waals surface area contributed by atoms with Gasteiger partial charge in [0.15, 0.2) is 0 Å². The van der Waals surface area contributed by atoms with Crippen LogP contribution in [0, 0.1) is 0 Å². The van der Waals surface area contributed by atoms with E-state index < -0.39 is 5.60 Å². The van der Waals surface area contributed by atoms with Crippen molar-refractivity contribution in [2.75, 3.05) is 13.7 Å². The Bertz CT molecular complexity index is 970. The molecule has 0 atom stereocenters. The van der Waals surface area contributed by atoms with Crippen LogP contribution in [0.2, 0.25) is 5.02 Å². The maximum atomic E-state index is 12.5. The van der Waals surface area contributed by atoms with Crippen molar-refractivity contribution in [1.29, 1.82) is 0 Å². The topological polar surface area (TPSA) is 71.6 Å². The number of halogens is 1. The number of rotatable bonds is 4. The fourth-order valence-electron chi connectivity index (χ4n) is 2.64. The number of unbranched alkanes of at least 4 members (excludes halogenated alkanes) is 1. The summed E-state index contributed by atoms with van der Waals surface area (Å²) in [4.78, 5) is 15.5. The predicted octanol–water partition coefficient (Wildman–Crippen LogP) is 7.26. The van der Waals surface area contributed by atoms with E-state index in [2.05, 4.69) is 18.8 Å². The van der Waals surface area contributed by atoms with Crippen LogP contribution in [-0.4, -0.2) is 35.4 Å². The van der Waals surface area contributed by atoms with Crippen molar-refractivity contribution < 1.29 is 19.4 Å². The zero-order valence-corrected chi connectivity index (χ0v) is 21.0. The van der Waals surface area contributed by atoms with Crippen molar-refractivity contribution in [1.82, 2.24) is 4.98 Å². The fourth-order valence-corrected chi connectivity index (χ4v) is 2.91. The second kappa shape index (κ2) is 13.1. The van der Waals surface area contributed by atoms with Gasteiger partial charge in [-0.1, -0.05) is 50.4 Å². The second-order valence-electron chi connectivity index (χ2n) is 8.13. The number of ether oxygens (including phenoxy) is 2. The fraction of sp³-hybridized carbons (Fsp3) is 0.423. The average Bonchev–Trinajstić information content (AvgIpc) is 3.15. The highest BCUT2D eigenvalue weighted by molar-refractivity contribution is 6.34. The van der Waals surface area contributed by atoms with Crippen molar-refractivity contribution in [3.63, 3.8) is 0 Å². The number of methoxy groups -OCH3 is 1. The number of aliphatic hydroxyl groups is 1. The van der Waals surface area contributed by atoms with Crippen LogP contribution in [0.15, 0.2) is 42.6 Å². The van der Waals surface area contributed by atoms with Gasteiger partial charge in [0.1, 0.15) is 11.4 Å². The first-order valence-electron chi connectivity index (χ1n) is 10.9. The van der Waals surface area contributed by atoms with E-state index in [-0.39, 0.29) is 12.6 Å². The highest BCUT2D eigenvalue weighted by Gasteiger charge is 2.21. The average molecular weight is 462 g/mol. The van der Waals surface area contributed by atoms with Gasteiger partial charge in [-0.25, -0.2) is 4.79 Å².